The second-order valence-corrected chi connectivity index (χ2v) is 4.31. The molecule has 0 saturated heterocycles. The Morgan fingerprint density at radius 3 is 2.56 bits per heavy atom. The number of carbonyl (C=O) groups is 1. The zero-order valence-electron chi connectivity index (χ0n) is 10.1. The Morgan fingerprint density at radius 2 is 1.94 bits per heavy atom. The Hall–Kier alpha value is -2.03. The molecule has 18 heavy (non-hydrogen) atoms. The minimum Gasteiger partial charge on any atom is -0.292 e. The molecule has 1 unspecified atom stereocenters. The number of nitrogens with zero attached hydrogens (tertiary/aromatic N) is 1. The summed E-state index contributed by atoms with van der Waals surface area (Å²) >= 11 is 0. The van der Waals surface area contributed by atoms with E-state index in [1.807, 2.05) is 6.92 Å². The standard InChI is InChI=1S/C15H14FNO/c1-11(10-12-5-7-13(16)8-6-12)15(18)14-4-2-3-9-17-14/h2-9,11H,10H2,1H3. The van der Waals surface area contributed by atoms with Crippen LogP contribution in [0.5, 0.6) is 0 Å². The molecule has 2 aromatic rings. The molecule has 2 rings (SSSR count). The molecule has 0 radical (unpaired) electrons. The minimum absolute atomic E-state index is 0.0138. The normalized spacial score (nSPS) is 12.1. The van der Waals surface area contributed by atoms with Gasteiger partial charge in [-0.15, -0.1) is 0 Å². The van der Waals surface area contributed by atoms with Crippen LogP contribution in [0, 0.1) is 11.7 Å². The lowest BCUT2D eigenvalue weighted by Gasteiger charge is -2.09. The number of pyridine rings is 1. The summed E-state index contributed by atoms with van der Waals surface area (Å²) in [6, 6.07) is 11.5. The molecule has 2 nitrogen and oxygen atoms in total. The Bertz CT molecular complexity index is 522. The lowest BCUT2D eigenvalue weighted by atomic mass is 9.95. The summed E-state index contributed by atoms with van der Waals surface area (Å²) in [5, 5.41) is 0. The maximum absolute atomic E-state index is 12.8. The largest absolute Gasteiger partial charge is 0.292 e. The predicted molar refractivity (Wildman–Crippen MR) is 67.8 cm³/mol. The molecule has 0 aliphatic rings. The van der Waals surface area contributed by atoms with Crippen molar-refractivity contribution in [2.75, 3.05) is 0 Å². The van der Waals surface area contributed by atoms with Gasteiger partial charge >= 0.3 is 0 Å². The molecular formula is C15H14FNO. The summed E-state index contributed by atoms with van der Waals surface area (Å²) in [4.78, 5) is 16.1. The molecule has 0 saturated carbocycles. The summed E-state index contributed by atoms with van der Waals surface area (Å²) < 4.78 is 12.8. The van der Waals surface area contributed by atoms with Crippen molar-refractivity contribution >= 4 is 5.78 Å². The van der Waals surface area contributed by atoms with Crippen molar-refractivity contribution < 1.29 is 9.18 Å². The van der Waals surface area contributed by atoms with Crippen LogP contribution in [-0.4, -0.2) is 10.8 Å². The molecule has 0 fully saturated rings. The lowest BCUT2D eigenvalue weighted by Crippen LogP contribution is -2.15. The first-order valence-corrected chi connectivity index (χ1v) is 5.86. The van der Waals surface area contributed by atoms with Crippen LogP contribution in [0.4, 0.5) is 4.39 Å². The predicted octanol–water partition coefficient (Wildman–Crippen LogP) is 3.28. The van der Waals surface area contributed by atoms with Gasteiger partial charge in [0, 0.05) is 12.1 Å². The van der Waals surface area contributed by atoms with E-state index in [2.05, 4.69) is 4.98 Å². The zero-order chi connectivity index (χ0) is 13.0. The first-order chi connectivity index (χ1) is 8.66. The number of aromatic nitrogens is 1. The molecule has 1 aromatic carbocycles. The van der Waals surface area contributed by atoms with Gasteiger partial charge in [-0.1, -0.05) is 25.1 Å². The molecule has 0 aliphatic carbocycles. The van der Waals surface area contributed by atoms with Crippen molar-refractivity contribution in [1.82, 2.24) is 4.98 Å². The number of Topliss-reactive ketones (excluding diaryl/α,β-unsaturated/α-hetero) is 1. The molecule has 1 heterocycles. The van der Waals surface area contributed by atoms with E-state index in [1.165, 1.54) is 12.1 Å². The number of hydrogen-bond acceptors (Lipinski definition) is 2. The topological polar surface area (TPSA) is 30.0 Å². The minimum atomic E-state index is -0.262. The summed E-state index contributed by atoms with van der Waals surface area (Å²) in [5.74, 6) is -0.409. The van der Waals surface area contributed by atoms with E-state index < -0.39 is 0 Å². The van der Waals surface area contributed by atoms with Crippen LogP contribution < -0.4 is 0 Å². The van der Waals surface area contributed by atoms with Crippen LogP contribution in [0.2, 0.25) is 0 Å². The fourth-order valence-corrected chi connectivity index (χ4v) is 1.83. The van der Waals surface area contributed by atoms with Crippen molar-refractivity contribution in [2.24, 2.45) is 5.92 Å². The maximum Gasteiger partial charge on any atom is 0.184 e. The van der Waals surface area contributed by atoms with Crippen LogP contribution in [0.1, 0.15) is 23.0 Å². The third-order valence-electron chi connectivity index (χ3n) is 2.82. The van der Waals surface area contributed by atoms with Gasteiger partial charge in [0.05, 0.1) is 0 Å². The first kappa shape index (κ1) is 12.4. The van der Waals surface area contributed by atoms with Gasteiger partial charge in [-0.05, 0) is 36.2 Å². The highest BCUT2D eigenvalue weighted by Gasteiger charge is 2.16. The fourth-order valence-electron chi connectivity index (χ4n) is 1.83. The molecular weight excluding hydrogens is 229 g/mol. The molecule has 92 valence electrons. The highest BCUT2D eigenvalue weighted by Crippen LogP contribution is 2.13. The van der Waals surface area contributed by atoms with Crippen LogP contribution in [0.25, 0.3) is 0 Å². The van der Waals surface area contributed by atoms with E-state index in [0.717, 1.165) is 5.56 Å². The fraction of sp³-hybridized carbons (Fsp3) is 0.200. The zero-order valence-corrected chi connectivity index (χ0v) is 10.1. The number of ketones is 1. The van der Waals surface area contributed by atoms with E-state index in [4.69, 9.17) is 0 Å². The number of carbonyl (C=O) groups excluding carboxylic acids is 1. The average Bonchev–Trinajstić information content (AvgIpc) is 2.41. The van der Waals surface area contributed by atoms with Gasteiger partial charge in [-0.3, -0.25) is 9.78 Å². The molecule has 0 amide bonds. The second kappa shape index (κ2) is 5.54. The Labute approximate surface area is 105 Å². The second-order valence-electron chi connectivity index (χ2n) is 4.31. The van der Waals surface area contributed by atoms with Gasteiger partial charge in [-0.25, -0.2) is 4.39 Å². The van der Waals surface area contributed by atoms with Gasteiger partial charge in [0.1, 0.15) is 11.5 Å². The van der Waals surface area contributed by atoms with Crippen LogP contribution in [0.3, 0.4) is 0 Å². The molecule has 0 bridgehead atoms. The Kier molecular flexibility index (Phi) is 3.82. The highest BCUT2D eigenvalue weighted by molar-refractivity contribution is 5.95. The molecule has 0 spiro atoms. The molecule has 0 N–H and O–H groups in total. The van der Waals surface area contributed by atoms with Gasteiger partial charge in [0.25, 0.3) is 0 Å². The number of hydrogen-bond donors (Lipinski definition) is 0. The summed E-state index contributed by atoms with van der Waals surface area (Å²) in [6.07, 6.45) is 2.20. The quantitative estimate of drug-likeness (QED) is 0.771. The van der Waals surface area contributed by atoms with Gasteiger partial charge in [-0.2, -0.15) is 0 Å². The van der Waals surface area contributed by atoms with Crippen molar-refractivity contribution in [3.05, 3.63) is 65.7 Å². The smallest absolute Gasteiger partial charge is 0.184 e. The third kappa shape index (κ3) is 3.00. The van der Waals surface area contributed by atoms with E-state index in [-0.39, 0.29) is 17.5 Å². The third-order valence-corrected chi connectivity index (χ3v) is 2.82. The van der Waals surface area contributed by atoms with E-state index >= 15 is 0 Å². The summed E-state index contributed by atoms with van der Waals surface area (Å²) in [6.45, 7) is 1.86. The summed E-state index contributed by atoms with van der Waals surface area (Å²) in [5.41, 5.74) is 1.43. The molecule has 0 aliphatic heterocycles. The SMILES string of the molecule is CC(Cc1ccc(F)cc1)C(=O)c1ccccn1. The van der Waals surface area contributed by atoms with Gasteiger partial charge < -0.3 is 0 Å². The summed E-state index contributed by atoms with van der Waals surface area (Å²) in [7, 11) is 0. The van der Waals surface area contributed by atoms with E-state index in [0.29, 0.717) is 12.1 Å². The molecule has 1 atom stereocenters. The van der Waals surface area contributed by atoms with Gasteiger partial charge in [0.2, 0.25) is 0 Å². The van der Waals surface area contributed by atoms with Crippen LogP contribution in [-0.2, 0) is 6.42 Å². The number of rotatable bonds is 4. The maximum atomic E-state index is 12.8. The van der Waals surface area contributed by atoms with Crippen molar-refractivity contribution in [3.8, 4) is 0 Å². The van der Waals surface area contributed by atoms with E-state index in [1.54, 1.807) is 36.5 Å². The first-order valence-electron chi connectivity index (χ1n) is 5.86. The number of halogens is 1. The van der Waals surface area contributed by atoms with Crippen molar-refractivity contribution in [2.45, 2.75) is 13.3 Å². The van der Waals surface area contributed by atoms with E-state index in [9.17, 15) is 9.18 Å². The van der Waals surface area contributed by atoms with Crippen molar-refractivity contribution in [3.63, 3.8) is 0 Å². The van der Waals surface area contributed by atoms with Crippen LogP contribution in [0.15, 0.2) is 48.7 Å². The number of benzene rings is 1. The molecule has 3 heteroatoms. The Morgan fingerprint density at radius 1 is 1.22 bits per heavy atom. The van der Waals surface area contributed by atoms with Gasteiger partial charge in [0.15, 0.2) is 5.78 Å². The van der Waals surface area contributed by atoms with Crippen LogP contribution >= 0.6 is 0 Å². The average molecular weight is 243 g/mol. The highest BCUT2D eigenvalue weighted by atomic mass is 19.1. The lowest BCUT2D eigenvalue weighted by molar-refractivity contribution is 0.0924. The molecule has 1 aromatic heterocycles. The monoisotopic (exact) mass is 243 g/mol. The van der Waals surface area contributed by atoms with Crippen molar-refractivity contribution in [1.29, 1.82) is 0 Å². The Balaban J connectivity index is 2.06.